The first-order valence-corrected chi connectivity index (χ1v) is 6.30. The zero-order valence-electron chi connectivity index (χ0n) is 11.5. The number of likely N-dealkylation sites (tertiary alicyclic amines) is 1. The molecule has 1 saturated heterocycles. The largest absolute Gasteiger partial charge is 0.497 e. The van der Waals surface area contributed by atoms with Crippen LogP contribution in [0.3, 0.4) is 0 Å². The van der Waals surface area contributed by atoms with Crippen LogP contribution in [-0.2, 0) is 0 Å². The summed E-state index contributed by atoms with van der Waals surface area (Å²) < 4.78 is 5.12. The fourth-order valence-electron chi connectivity index (χ4n) is 2.38. The maximum absolute atomic E-state index is 12.4. The minimum Gasteiger partial charge on any atom is -0.497 e. The molecule has 0 radical (unpaired) electrons. The first kappa shape index (κ1) is 13.8. The minimum atomic E-state index is -0.496. The molecule has 1 aliphatic heterocycles. The summed E-state index contributed by atoms with van der Waals surface area (Å²) in [5.74, 6) is 0.594. The Bertz CT molecular complexity index is 462. The summed E-state index contributed by atoms with van der Waals surface area (Å²) in [7, 11) is 5.39. The molecular weight excluding hydrogens is 244 g/mol. The van der Waals surface area contributed by atoms with Crippen molar-refractivity contribution in [3.05, 3.63) is 29.8 Å². The Morgan fingerprint density at radius 1 is 1.42 bits per heavy atom. The van der Waals surface area contributed by atoms with Crippen LogP contribution >= 0.6 is 0 Å². The van der Waals surface area contributed by atoms with Gasteiger partial charge in [0.15, 0.2) is 0 Å². The molecule has 2 rings (SSSR count). The van der Waals surface area contributed by atoms with Crippen LogP contribution < -0.4 is 4.74 Å². The number of nitrogens with zero attached hydrogens (tertiary/aromatic N) is 2. The Labute approximate surface area is 113 Å². The average Bonchev–Trinajstić information content (AvgIpc) is 2.80. The zero-order valence-corrected chi connectivity index (χ0v) is 11.5. The molecule has 1 amide bonds. The van der Waals surface area contributed by atoms with E-state index in [0.29, 0.717) is 24.4 Å². The van der Waals surface area contributed by atoms with Gasteiger partial charge in [-0.3, -0.25) is 4.79 Å². The van der Waals surface area contributed by atoms with Crippen molar-refractivity contribution in [2.75, 3.05) is 34.3 Å². The highest BCUT2D eigenvalue weighted by molar-refractivity contribution is 5.94. The number of ether oxygens (including phenoxy) is 1. The van der Waals surface area contributed by atoms with Gasteiger partial charge in [0, 0.05) is 18.7 Å². The average molecular weight is 264 g/mol. The number of amides is 1. The Hall–Kier alpha value is -1.59. The van der Waals surface area contributed by atoms with Crippen LogP contribution in [0.2, 0.25) is 0 Å². The van der Waals surface area contributed by atoms with Crippen LogP contribution in [0, 0.1) is 0 Å². The van der Waals surface area contributed by atoms with Crippen LogP contribution in [0.1, 0.15) is 10.4 Å². The van der Waals surface area contributed by atoms with E-state index >= 15 is 0 Å². The lowest BCUT2D eigenvalue weighted by Crippen LogP contribution is -2.38. The normalized spacial score (nSPS) is 22.9. The third kappa shape index (κ3) is 2.88. The van der Waals surface area contributed by atoms with Crippen LogP contribution in [0.4, 0.5) is 0 Å². The molecule has 1 aromatic rings. The molecule has 1 aromatic carbocycles. The molecule has 0 bridgehead atoms. The highest BCUT2D eigenvalue weighted by Gasteiger charge is 2.35. The van der Waals surface area contributed by atoms with Crippen molar-refractivity contribution in [2.24, 2.45) is 0 Å². The third-order valence-electron chi connectivity index (χ3n) is 3.53. The van der Waals surface area contributed by atoms with Gasteiger partial charge in [0.1, 0.15) is 5.75 Å². The number of benzene rings is 1. The molecule has 1 heterocycles. The fourth-order valence-corrected chi connectivity index (χ4v) is 2.38. The maximum atomic E-state index is 12.4. The molecule has 1 aliphatic rings. The predicted molar refractivity (Wildman–Crippen MR) is 72.4 cm³/mol. The smallest absolute Gasteiger partial charge is 0.254 e. The predicted octanol–water partition coefficient (Wildman–Crippen LogP) is 0.442. The van der Waals surface area contributed by atoms with Crippen LogP contribution in [0.15, 0.2) is 24.3 Å². The minimum absolute atomic E-state index is 0.00504. The number of hydrogen-bond donors (Lipinski definition) is 1. The Morgan fingerprint density at radius 3 is 2.74 bits per heavy atom. The number of aliphatic hydroxyl groups is 1. The molecule has 0 spiro atoms. The number of methoxy groups -OCH3 is 1. The Kier molecular flexibility index (Phi) is 4.07. The van der Waals surface area contributed by atoms with E-state index in [1.807, 2.05) is 19.0 Å². The van der Waals surface area contributed by atoms with Gasteiger partial charge in [-0.05, 0) is 32.3 Å². The van der Waals surface area contributed by atoms with E-state index in [1.165, 1.54) is 0 Å². The maximum Gasteiger partial charge on any atom is 0.254 e. The molecule has 1 N–H and O–H groups in total. The molecular formula is C14H20N2O3. The molecule has 5 nitrogen and oxygen atoms in total. The standard InChI is InChI=1S/C14H20N2O3/c1-15(2)12-8-16(9-13(12)17)14(18)10-5-4-6-11(7-10)19-3/h4-7,12-13,17H,8-9H2,1-3H3/t12-,13-/m1/s1. The number of carbonyl (C=O) groups is 1. The van der Waals surface area contributed by atoms with Gasteiger partial charge in [-0.1, -0.05) is 6.07 Å². The third-order valence-corrected chi connectivity index (χ3v) is 3.53. The van der Waals surface area contributed by atoms with Gasteiger partial charge < -0.3 is 19.6 Å². The summed E-state index contributed by atoms with van der Waals surface area (Å²) >= 11 is 0. The first-order valence-electron chi connectivity index (χ1n) is 6.30. The molecule has 0 aliphatic carbocycles. The van der Waals surface area contributed by atoms with E-state index in [0.717, 1.165) is 0 Å². The van der Waals surface area contributed by atoms with Crippen molar-refractivity contribution in [1.29, 1.82) is 0 Å². The second-order valence-electron chi connectivity index (χ2n) is 5.04. The van der Waals surface area contributed by atoms with Gasteiger partial charge in [0.25, 0.3) is 5.91 Å². The lowest BCUT2D eigenvalue weighted by molar-refractivity contribution is 0.0763. The van der Waals surface area contributed by atoms with Crippen molar-refractivity contribution in [3.63, 3.8) is 0 Å². The summed E-state index contributed by atoms with van der Waals surface area (Å²) in [6.07, 6.45) is -0.496. The van der Waals surface area contributed by atoms with E-state index < -0.39 is 6.10 Å². The lowest BCUT2D eigenvalue weighted by atomic mass is 10.2. The fraction of sp³-hybridized carbons (Fsp3) is 0.500. The molecule has 2 atom stereocenters. The summed E-state index contributed by atoms with van der Waals surface area (Å²) in [5.41, 5.74) is 0.589. The van der Waals surface area contributed by atoms with E-state index in [2.05, 4.69) is 0 Å². The van der Waals surface area contributed by atoms with Crippen LogP contribution in [-0.4, -0.2) is 67.3 Å². The Balaban J connectivity index is 2.12. The van der Waals surface area contributed by atoms with Gasteiger partial charge in [-0.15, -0.1) is 0 Å². The van der Waals surface area contributed by atoms with Crippen molar-refractivity contribution in [3.8, 4) is 5.75 Å². The SMILES string of the molecule is COc1cccc(C(=O)N2C[C@@H](O)[C@H](N(C)C)C2)c1. The van der Waals surface area contributed by atoms with Crippen molar-refractivity contribution < 1.29 is 14.6 Å². The first-order chi connectivity index (χ1) is 9.02. The molecule has 19 heavy (non-hydrogen) atoms. The van der Waals surface area contributed by atoms with E-state index in [9.17, 15) is 9.90 Å². The summed E-state index contributed by atoms with van der Waals surface area (Å²) in [6.45, 7) is 0.920. The number of aliphatic hydroxyl groups excluding tert-OH is 1. The molecule has 5 heteroatoms. The van der Waals surface area contributed by atoms with Gasteiger partial charge in [-0.25, -0.2) is 0 Å². The summed E-state index contributed by atoms with van der Waals surface area (Å²) in [5, 5.41) is 9.97. The quantitative estimate of drug-likeness (QED) is 0.861. The molecule has 0 saturated carbocycles. The number of β-amino-alcohol motifs (C(OH)–C–C–N with tert-alkyl or cyclic N) is 1. The second-order valence-corrected chi connectivity index (χ2v) is 5.04. The Morgan fingerprint density at radius 2 is 2.16 bits per heavy atom. The second kappa shape index (κ2) is 5.59. The van der Waals surface area contributed by atoms with Crippen molar-refractivity contribution in [2.45, 2.75) is 12.1 Å². The van der Waals surface area contributed by atoms with E-state index in [4.69, 9.17) is 4.74 Å². The highest BCUT2D eigenvalue weighted by Crippen LogP contribution is 2.19. The van der Waals surface area contributed by atoms with Gasteiger partial charge in [0.2, 0.25) is 0 Å². The molecule has 0 unspecified atom stereocenters. The summed E-state index contributed by atoms with van der Waals surface area (Å²) in [6, 6.07) is 7.08. The van der Waals surface area contributed by atoms with Crippen molar-refractivity contribution >= 4 is 5.91 Å². The van der Waals surface area contributed by atoms with Crippen LogP contribution in [0.5, 0.6) is 5.75 Å². The van der Waals surface area contributed by atoms with Gasteiger partial charge in [-0.2, -0.15) is 0 Å². The number of carbonyl (C=O) groups excluding carboxylic acids is 1. The molecule has 1 fully saturated rings. The van der Waals surface area contributed by atoms with E-state index in [1.54, 1.807) is 36.3 Å². The number of likely N-dealkylation sites (N-methyl/N-ethyl adjacent to an activating group) is 1. The summed E-state index contributed by atoms with van der Waals surface area (Å²) in [4.78, 5) is 16.0. The monoisotopic (exact) mass is 264 g/mol. The van der Waals surface area contributed by atoms with Crippen LogP contribution in [0.25, 0.3) is 0 Å². The topological polar surface area (TPSA) is 53.0 Å². The lowest BCUT2D eigenvalue weighted by Gasteiger charge is -2.21. The highest BCUT2D eigenvalue weighted by atomic mass is 16.5. The zero-order chi connectivity index (χ0) is 14.0. The van der Waals surface area contributed by atoms with Gasteiger partial charge >= 0.3 is 0 Å². The molecule has 0 aromatic heterocycles. The number of rotatable bonds is 3. The number of hydrogen-bond acceptors (Lipinski definition) is 4. The van der Waals surface area contributed by atoms with Gasteiger partial charge in [0.05, 0.1) is 19.3 Å². The van der Waals surface area contributed by atoms with Crippen molar-refractivity contribution in [1.82, 2.24) is 9.80 Å². The molecule has 104 valence electrons. The van der Waals surface area contributed by atoms with E-state index in [-0.39, 0.29) is 11.9 Å².